The number of anilines is 1. The van der Waals surface area contributed by atoms with Gasteiger partial charge in [-0.2, -0.15) is 0 Å². The zero-order valence-corrected chi connectivity index (χ0v) is 8.71. The number of thioether (sulfide) groups is 2. The van der Waals surface area contributed by atoms with Crippen molar-refractivity contribution in [3.63, 3.8) is 0 Å². The van der Waals surface area contributed by atoms with Gasteiger partial charge in [0.15, 0.2) is 5.16 Å². The summed E-state index contributed by atoms with van der Waals surface area (Å²) in [5.74, 6) is 1.55. The molecule has 0 radical (unpaired) electrons. The summed E-state index contributed by atoms with van der Waals surface area (Å²) >= 11 is 3.18. The molecule has 1 aromatic heterocycles. The van der Waals surface area contributed by atoms with Crippen LogP contribution in [-0.2, 0) is 0 Å². The molecule has 1 heterocycles. The molecule has 0 aliphatic carbocycles. The van der Waals surface area contributed by atoms with Crippen LogP contribution in [0, 0.1) is 0 Å². The fourth-order valence-corrected chi connectivity index (χ4v) is 1.83. The highest BCUT2D eigenvalue weighted by Gasteiger charge is 2.00. The van der Waals surface area contributed by atoms with Crippen molar-refractivity contribution in [2.24, 2.45) is 0 Å². The fourth-order valence-electron chi connectivity index (χ4n) is 0.734. The second-order valence-electron chi connectivity index (χ2n) is 2.05. The van der Waals surface area contributed by atoms with Crippen LogP contribution in [0.3, 0.4) is 0 Å². The predicted molar refractivity (Wildman–Crippen MR) is 54.6 cm³/mol. The van der Waals surface area contributed by atoms with Crippen LogP contribution in [0.25, 0.3) is 0 Å². The van der Waals surface area contributed by atoms with Crippen LogP contribution in [0.5, 0.6) is 0 Å². The van der Waals surface area contributed by atoms with E-state index >= 15 is 0 Å². The minimum Gasteiger partial charge on any atom is -0.384 e. The maximum atomic E-state index is 5.59. The SMILES string of the molecule is CCSc1cc(N)nc(SC)n1. The molecule has 0 atom stereocenters. The number of aromatic nitrogens is 2. The Labute approximate surface area is 80.6 Å². The van der Waals surface area contributed by atoms with Crippen LogP contribution in [0.1, 0.15) is 6.92 Å². The molecule has 0 aromatic carbocycles. The van der Waals surface area contributed by atoms with Gasteiger partial charge in [0.05, 0.1) is 0 Å². The van der Waals surface area contributed by atoms with Crippen LogP contribution in [0.2, 0.25) is 0 Å². The van der Waals surface area contributed by atoms with Crippen molar-refractivity contribution in [1.29, 1.82) is 0 Å². The van der Waals surface area contributed by atoms with Gasteiger partial charge in [0.25, 0.3) is 0 Å². The molecule has 66 valence electrons. The summed E-state index contributed by atoms with van der Waals surface area (Å²) in [4.78, 5) is 8.33. The quantitative estimate of drug-likeness (QED) is 0.460. The van der Waals surface area contributed by atoms with Crippen molar-refractivity contribution in [2.75, 3.05) is 17.7 Å². The minimum absolute atomic E-state index is 0.547. The van der Waals surface area contributed by atoms with E-state index in [4.69, 9.17) is 5.73 Å². The first kappa shape index (κ1) is 9.67. The van der Waals surface area contributed by atoms with Gasteiger partial charge in [-0.25, -0.2) is 9.97 Å². The van der Waals surface area contributed by atoms with E-state index in [-0.39, 0.29) is 0 Å². The molecule has 5 heteroatoms. The van der Waals surface area contributed by atoms with Gasteiger partial charge in [0, 0.05) is 6.07 Å². The van der Waals surface area contributed by atoms with Gasteiger partial charge >= 0.3 is 0 Å². The van der Waals surface area contributed by atoms with Gasteiger partial charge in [-0.1, -0.05) is 18.7 Å². The van der Waals surface area contributed by atoms with Gasteiger partial charge in [-0.15, -0.1) is 11.8 Å². The minimum atomic E-state index is 0.547. The van der Waals surface area contributed by atoms with Crippen molar-refractivity contribution in [2.45, 2.75) is 17.1 Å². The molecule has 0 saturated carbocycles. The Balaban J connectivity index is 2.90. The normalized spacial score (nSPS) is 10.2. The van der Waals surface area contributed by atoms with E-state index in [1.165, 1.54) is 11.8 Å². The molecule has 0 aliphatic heterocycles. The molecule has 1 rings (SSSR count). The molecular weight excluding hydrogens is 190 g/mol. The molecule has 12 heavy (non-hydrogen) atoms. The highest BCUT2D eigenvalue weighted by atomic mass is 32.2. The molecule has 0 aliphatic rings. The molecule has 1 aromatic rings. The Morgan fingerprint density at radius 3 is 2.83 bits per heavy atom. The molecule has 3 nitrogen and oxygen atoms in total. The largest absolute Gasteiger partial charge is 0.384 e. The lowest BCUT2D eigenvalue weighted by Gasteiger charge is -2.01. The number of hydrogen-bond donors (Lipinski definition) is 1. The summed E-state index contributed by atoms with van der Waals surface area (Å²) in [7, 11) is 0. The zero-order valence-electron chi connectivity index (χ0n) is 7.07. The van der Waals surface area contributed by atoms with Crippen molar-refractivity contribution < 1.29 is 0 Å². The smallest absolute Gasteiger partial charge is 0.190 e. The molecule has 0 unspecified atom stereocenters. The fraction of sp³-hybridized carbons (Fsp3) is 0.429. The third-order valence-corrected chi connectivity index (χ3v) is 2.52. The van der Waals surface area contributed by atoms with Crippen molar-refractivity contribution in [3.8, 4) is 0 Å². The number of nitrogens with zero attached hydrogens (tertiary/aromatic N) is 2. The Bertz CT molecular complexity index is 265. The Hall–Kier alpha value is -0.420. The van der Waals surface area contributed by atoms with E-state index in [1.54, 1.807) is 17.8 Å². The first-order valence-electron chi connectivity index (χ1n) is 3.57. The molecular formula is C7H11N3S2. The maximum Gasteiger partial charge on any atom is 0.190 e. The molecule has 0 bridgehead atoms. The lowest BCUT2D eigenvalue weighted by atomic mass is 10.6. The van der Waals surface area contributed by atoms with Gasteiger partial charge in [-0.3, -0.25) is 0 Å². The second kappa shape index (κ2) is 4.57. The van der Waals surface area contributed by atoms with E-state index in [9.17, 15) is 0 Å². The van der Waals surface area contributed by atoms with E-state index in [0.29, 0.717) is 5.82 Å². The zero-order chi connectivity index (χ0) is 8.97. The van der Waals surface area contributed by atoms with E-state index in [2.05, 4.69) is 16.9 Å². The number of nitrogens with two attached hydrogens (primary N) is 1. The van der Waals surface area contributed by atoms with Crippen LogP contribution >= 0.6 is 23.5 Å². The summed E-state index contributed by atoms with van der Waals surface area (Å²) in [6.45, 7) is 2.09. The maximum absolute atomic E-state index is 5.59. The number of nitrogen functional groups attached to an aromatic ring is 1. The van der Waals surface area contributed by atoms with Crippen molar-refractivity contribution >= 4 is 29.3 Å². The molecule has 0 fully saturated rings. The highest BCUT2D eigenvalue weighted by Crippen LogP contribution is 2.19. The van der Waals surface area contributed by atoms with E-state index in [0.717, 1.165) is 15.9 Å². The molecule has 0 amide bonds. The number of hydrogen-bond acceptors (Lipinski definition) is 5. The first-order valence-corrected chi connectivity index (χ1v) is 5.78. The van der Waals surface area contributed by atoms with Crippen LogP contribution in [0.15, 0.2) is 16.2 Å². The van der Waals surface area contributed by atoms with Gasteiger partial charge in [0.1, 0.15) is 10.8 Å². The monoisotopic (exact) mass is 201 g/mol. The third kappa shape index (κ3) is 2.57. The Morgan fingerprint density at radius 2 is 2.25 bits per heavy atom. The summed E-state index contributed by atoms with van der Waals surface area (Å²) in [5, 5.41) is 1.69. The first-order chi connectivity index (χ1) is 5.76. The second-order valence-corrected chi connectivity index (χ2v) is 4.11. The predicted octanol–water partition coefficient (Wildman–Crippen LogP) is 1.89. The molecule has 0 spiro atoms. The van der Waals surface area contributed by atoms with E-state index < -0.39 is 0 Å². The summed E-state index contributed by atoms with van der Waals surface area (Å²) in [5.41, 5.74) is 5.59. The van der Waals surface area contributed by atoms with Crippen LogP contribution in [-0.4, -0.2) is 22.0 Å². The van der Waals surface area contributed by atoms with Gasteiger partial charge in [-0.05, 0) is 12.0 Å². The summed E-state index contributed by atoms with van der Waals surface area (Å²) in [6.07, 6.45) is 1.94. The number of rotatable bonds is 3. The van der Waals surface area contributed by atoms with Gasteiger partial charge in [0.2, 0.25) is 0 Å². The lowest BCUT2D eigenvalue weighted by molar-refractivity contribution is 0.902. The summed E-state index contributed by atoms with van der Waals surface area (Å²) in [6, 6.07) is 1.80. The summed E-state index contributed by atoms with van der Waals surface area (Å²) < 4.78 is 0. The highest BCUT2D eigenvalue weighted by molar-refractivity contribution is 7.99. The van der Waals surface area contributed by atoms with Crippen LogP contribution in [0.4, 0.5) is 5.82 Å². The van der Waals surface area contributed by atoms with Crippen molar-refractivity contribution in [1.82, 2.24) is 9.97 Å². The third-order valence-electron chi connectivity index (χ3n) is 1.18. The lowest BCUT2D eigenvalue weighted by Crippen LogP contribution is -1.95. The Morgan fingerprint density at radius 1 is 1.50 bits per heavy atom. The molecule has 0 saturated heterocycles. The average molecular weight is 201 g/mol. The van der Waals surface area contributed by atoms with Crippen molar-refractivity contribution in [3.05, 3.63) is 6.07 Å². The average Bonchev–Trinajstić information content (AvgIpc) is 2.04. The van der Waals surface area contributed by atoms with Crippen LogP contribution < -0.4 is 5.73 Å². The topological polar surface area (TPSA) is 51.8 Å². The Kier molecular flexibility index (Phi) is 3.68. The standard InChI is InChI=1S/C7H11N3S2/c1-3-12-6-4-5(8)9-7(10-6)11-2/h4H,3H2,1-2H3,(H2,8,9,10). The van der Waals surface area contributed by atoms with Gasteiger partial charge < -0.3 is 5.73 Å². The molecule has 2 N–H and O–H groups in total. The van der Waals surface area contributed by atoms with E-state index in [1.807, 2.05) is 6.26 Å².